The second-order valence-corrected chi connectivity index (χ2v) is 5.60. The van der Waals surface area contributed by atoms with Gasteiger partial charge >= 0.3 is 0 Å². The monoisotopic (exact) mass is 258 g/mol. The van der Waals surface area contributed by atoms with E-state index in [1.807, 2.05) is 0 Å². The van der Waals surface area contributed by atoms with Gasteiger partial charge < -0.3 is 19.7 Å². The van der Waals surface area contributed by atoms with Gasteiger partial charge in [0, 0.05) is 40.2 Å². The summed E-state index contributed by atoms with van der Waals surface area (Å²) in [7, 11) is 3.54. The van der Waals surface area contributed by atoms with Crippen LogP contribution in [0.2, 0.25) is 0 Å². The van der Waals surface area contributed by atoms with Gasteiger partial charge in [-0.05, 0) is 20.3 Å². The van der Waals surface area contributed by atoms with Crippen LogP contribution in [0.3, 0.4) is 0 Å². The highest BCUT2D eigenvalue weighted by atomic mass is 16.5. The van der Waals surface area contributed by atoms with Crippen molar-refractivity contribution in [1.82, 2.24) is 10.2 Å². The molecule has 1 saturated heterocycles. The molecule has 106 valence electrons. The maximum absolute atomic E-state index is 11.3. The smallest absolute Gasteiger partial charge is 0.222 e. The van der Waals surface area contributed by atoms with Crippen molar-refractivity contribution < 1.29 is 14.3 Å². The van der Waals surface area contributed by atoms with Crippen LogP contribution in [-0.4, -0.2) is 62.9 Å². The van der Waals surface area contributed by atoms with Crippen LogP contribution in [0.25, 0.3) is 0 Å². The normalized spacial score (nSPS) is 22.8. The fourth-order valence-corrected chi connectivity index (χ4v) is 1.93. The van der Waals surface area contributed by atoms with Crippen LogP contribution in [0.15, 0.2) is 0 Å². The van der Waals surface area contributed by atoms with Crippen molar-refractivity contribution in [3.05, 3.63) is 0 Å². The summed E-state index contributed by atoms with van der Waals surface area (Å²) in [6.07, 6.45) is 1.42. The summed E-state index contributed by atoms with van der Waals surface area (Å²) in [5.74, 6) is 0.148. The van der Waals surface area contributed by atoms with E-state index in [1.54, 1.807) is 19.0 Å². The van der Waals surface area contributed by atoms with Crippen LogP contribution >= 0.6 is 0 Å². The van der Waals surface area contributed by atoms with Gasteiger partial charge in [0.15, 0.2) is 0 Å². The van der Waals surface area contributed by atoms with Crippen LogP contribution < -0.4 is 5.32 Å². The molecule has 0 aliphatic carbocycles. The number of morpholine rings is 1. The van der Waals surface area contributed by atoms with Gasteiger partial charge in [-0.2, -0.15) is 0 Å². The van der Waals surface area contributed by atoms with Gasteiger partial charge in [-0.1, -0.05) is 0 Å². The number of hydrogen-bond acceptors (Lipinski definition) is 4. The number of hydrogen-bond donors (Lipinski definition) is 1. The lowest BCUT2D eigenvalue weighted by atomic mass is 10.1. The van der Waals surface area contributed by atoms with Gasteiger partial charge in [-0.25, -0.2) is 0 Å². The average molecular weight is 258 g/mol. The van der Waals surface area contributed by atoms with Crippen LogP contribution in [0.5, 0.6) is 0 Å². The van der Waals surface area contributed by atoms with Crippen molar-refractivity contribution in [2.24, 2.45) is 0 Å². The topological polar surface area (TPSA) is 50.8 Å². The number of nitrogens with one attached hydrogen (secondary N) is 1. The lowest BCUT2D eigenvalue weighted by molar-refractivity contribution is -0.129. The third-order valence-corrected chi connectivity index (χ3v) is 2.89. The molecule has 1 fully saturated rings. The van der Waals surface area contributed by atoms with E-state index in [9.17, 15) is 4.79 Å². The highest BCUT2D eigenvalue weighted by Gasteiger charge is 2.28. The highest BCUT2D eigenvalue weighted by Crippen LogP contribution is 2.15. The molecule has 18 heavy (non-hydrogen) atoms. The van der Waals surface area contributed by atoms with E-state index in [-0.39, 0.29) is 17.6 Å². The molecular formula is C13H26N2O3. The molecule has 0 aromatic heterocycles. The molecule has 1 heterocycles. The predicted octanol–water partition coefficient (Wildman–Crippen LogP) is 0.638. The Morgan fingerprint density at radius 2 is 2.22 bits per heavy atom. The average Bonchev–Trinajstić information content (AvgIpc) is 2.26. The molecule has 5 heteroatoms. The van der Waals surface area contributed by atoms with Crippen molar-refractivity contribution >= 4 is 5.91 Å². The van der Waals surface area contributed by atoms with Crippen LogP contribution in [0.4, 0.5) is 0 Å². The van der Waals surface area contributed by atoms with Crippen LogP contribution in [0.1, 0.15) is 26.7 Å². The van der Waals surface area contributed by atoms with Gasteiger partial charge in [-0.3, -0.25) is 4.79 Å². The number of rotatable bonds is 6. The van der Waals surface area contributed by atoms with Crippen molar-refractivity contribution in [2.45, 2.75) is 38.4 Å². The van der Waals surface area contributed by atoms with Crippen LogP contribution in [-0.2, 0) is 14.3 Å². The van der Waals surface area contributed by atoms with E-state index in [0.29, 0.717) is 19.6 Å². The van der Waals surface area contributed by atoms with E-state index in [0.717, 1.165) is 19.5 Å². The summed E-state index contributed by atoms with van der Waals surface area (Å²) in [5.41, 5.74) is -0.118. The zero-order chi connectivity index (χ0) is 13.6. The first-order chi connectivity index (χ1) is 8.41. The first kappa shape index (κ1) is 15.4. The maximum atomic E-state index is 11.3. The summed E-state index contributed by atoms with van der Waals surface area (Å²) in [4.78, 5) is 12.9. The second kappa shape index (κ2) is 7.07. The van der Waals surface area contributed by atoms with Gasteiger partial charge in [-0.15, -0.1) is 0 Å². The van der Waals surface area contributed by atoms with Gasteiger partial charge in [0.2, 0.25) is 5.91 Å². The Hall–Kier alpha value is -0.650. The molecule has 0 bridgehead atoms. The minimum Gasteiger partial charge on any atom is -0.379 e. The lowest BCUT2D eigenvalue weighted by Gasteiger charge is -2.36. The Labute approximate surface area is 110 Å². The van der Waals surface area contributed by atoms with E-state index in [2.05, 4.69) is 19.2 Å². The van der Waals surface area contributed by atoms with Crippen molar-refractivity contribution in [2.75, 3.05) is 40.4 Å². The first-order valence-electron chi connectivity index (χ1n) is 6.57. The minimum absolute atomic E-state index is 0.110. The summed E-state index contributed by atoms with van der Waals surface area (Å²) in [6.45, 7) is 7.05. The Morgan fingerprint density at radius 1 is 1.50 bits per heavy atom. The second-order valence-electron chi connectivity index (χ2n) is 5.60. The molecule has 0 aromatic carbocycles. The first-order valence-corrected chi connectivity index (χ1v) is 6.57. The molecule has 1 amide bonds. The largest absolute Gasteiger partial charge is 0.379 e. The Balaban J connectivity index is 2.06. The Morgan fingerprint density at radius 3 is 2.83 bits per heavy atom. The lowest BCUT2D eigenvalue weighted by Crippen LogP contribution is -2.51. The summed E-state index contributed by atoms with van der Waals surface area (Å²) in [6, 6.07) is 0. The molecule has 1 rings (SSSR count). The molecule has 1 unspecified atom stereocenters. The number of nitrogens with zero attached hydrogens (tertiary/aromatic N) is 1. The summed E-state index contributed by atoms with van der Waals surface area (Å²) < 4.78 is 11.4. The molecule has 0 radical (unpaired) electrons. The zero-order valence-corrected chi connectivity index (χ0v) is 12.0. The predicted molar refractivity (Wildman–Crippen MR) is 70.6 cm³/mol. The Bertz CT molecular complexity index is 267. The summed E-state index contributed by atoms with van der Waals surface area (Å²) in [5, 5.41) is 3.33. The molecule has 0 saturated carbocycles. The van der Waals surface area contributed by atoms with Crippen molar-refractivity contribution in [3.63, 3.8) is 0 Å². The van der Waals surface area contributed by atoms with Gasteiger partial charge in [0.1, 0.15) is 0 Å². The quantitative estimate of drug-likeness (QED) is 0.710. The van der Waals surface area contributed by atoms with Gasteiger partial charge in [0.25, 0.3) is 0 Å². The molecule has 0 spiro atoms. The molecule has 0 aromatic rings. The number of ether oxygens (including phenoxy) is 2. The number of carbonyl (C=O) groups is 1. The van der Waals surface area contributed by atoms with E-state index in [1.165, 1.54) is 0 Å². The van der Waals surface area contributed by atoms with E-state index in [4.69, 9.17) is 9.47 Å². The van der Waals surface area contributed by atoms with Crippen LogP contribution in [0, 0.1) is 0 Å². The van der Waals surface area contributed by atoms with Crippen molar-refractivity contribution in [3.8, 4) is 0 Å². The highest BCUT2D eigenvalue weighted by molar-refractivity contribution is 5.75. The van der Waals surface area contributed by atoms with Gasteiger partial charge in [0.05, 0.1) is 18.3 Å². The fourth-order valence-electron chi connectivity index (χ4n) is 1.93. The molecule has 1 aliphatic rings. The Kier molecular flexibility index (Phi) is 6.05. The number of carbonyl (C=O) groups excluding carboxylic acids is 1. The molecule has 5 nitrogen and oxygen atoms in total. The maximum Gasteiger partial charge on any atom is 0.222 e. The third-order valence-electron chi connectivity index (χ3n) is 2.89. The molecular weight excluding hydrogens is 232 g/mol. The van der Waals surface area contributed by atoms with E-state index >= 15 is 0 Å². The standard InChI is InChI=1S/C13H26N2O3/c1-13(2)10-14-8-11(18-13)9-17-7-5-6-12(16)15(3)4/h11,14H,5-10H2,1-4H3. The fraction of sp³-hybridized carbons (Fsp3) is 0.923. The molecule has 1 N–H and O–H groups in total. The third kappa shape index (κ3) is 5.80. The van der Waals surface area contributed by atoms with E-state index < -0.39 is 0 Å². The SMILES string of the molecule is CN(C)C(=O)CCCOCC1CNCC(C)(C)O1. The zero-order valence-electron chi connectivity index (χ0n) is 12.0. The molecule has 1 atom stereocenters. The van der Waals surface area contributed by atoms with Crippen molar-refractivity contribution in [1.29, 1.82) is 0 Å². The summed E-state index contributed by atoms with van der Waals surface area (Å²) >= 11 is 0. The minimum atomic E-state index is -0.118. The molecule has 1 aliphatic heterocycles. The number of amides is 1.